The lowest BCUT2D eigenvalue weighted by Gasteiger charge is -2.25. The quantitative estimate of drug-likeness (QED) is 0.550. The van der Waals surface area contributed by atoms with Gasteiger partial charge >= 0.3 is 0 Å². The van der Waals surface area contributed by atoms with E-state index in [-0.39, 0.29) is 28.6 Å². The topological polar surface area (TPSA) is 81.5 Å². The van der Waals surface area contributed by atoms with Gasteiger partial charge in [0.1, 0.15) is 5.82 Å². The van der Waals surface area contributed by atoms with Gasteiger partial charge in [0.05, 0.1) is 36.8 Å². The van der Waals surface area contributed by atoms with E-state index in [1.807, 2.05) is 6.92 Å². The smallest absolute Gasteiger partial charge is 0.228 e. The van der Waals surface area contributed by atoms with Crippen LogP contribution in [-0.4, -0.2) is 48.0 Å². The van der Waals surface area contributed by atoms with Crippen molar-refractivity contribution in [2.75, 3.05) is 13.2 Å². The number of imidazole rings is 1. The number of benzene rings is 1. The molecule has 33 heavy (non-hydrogen) atoms. The van der Waals surface area contributed by atoms with E-state index in [1.54, 1.807) is 15.5 Å². The van der Waals surface area contributed by atoms with Gasteiger partial charge in [0, 0.05) is 24.6 Å². The van der Waals surface area contributed by atoms with E-state index in [2.05, 4.69) is 4.98 Å². The zero-order valence-electron chi connectivity index (χ0n) is 19.1. The van der Waals surface area contributed by atoms with E-state index in [9.17, 15) is 17.6 Å². The molecule has 1 saturated heterocycles. The number of amides is 1. The Labute approximate surface area is 194 Å². The standard InChI is InChI=1S/C24H32FN3O4S/c1-2-27(23(29)18-8-3-4-9-18)15-20-14-26-24(28(20)16-21-11-7-13-32-21)33(30,31)17-19-10-5-6-12-22(19)25/h5-6,10,12,14,18,21H,2-4,7-9,11,13,15-17H2,1H3/t21-/m1/s1. The van der Waals surface area contributed by atoms with Crippen molar-refractivity contribution in [1.82, 2.24) is 14.5 Å². The number of ether oxygens (including phenoxy) is 1. The molecular weight excluding hydrogens is 445 g/mol. The van der Waals surface area contributed by atoms with Crippen LogP contribution in [0.1, 0.15) is 56.7 Å². The fourth-order valence-corrected chi connectivity index (χ4v) is 6.32. The molecule has 2 aliphatic rings. The summed E-state index contributed by atoms with van der Waals surface area (Å²) in [5.41, 5.74) is 0.767. The van der Waals surface area contributed by atoms with Crippen molar-refractivity contribution in [3.63, 3.8) is 0 Å². The highest BCUT2D eigenvalue weighted by molar-refractivity contribution is 7.90. The van der Waals surface area contributed by atoms with Gasteiger partial charge in [0.25, 0.3) is 0 Å². The molecule has 1 aromatic heterocycles. The number of nitrogens with zero attached hydrogens (tertiary/aromatic N) is 3. The van der Waals surface area contributed by atoms with Crippen molar-refractivity contribution >= 4 is 15.7 Å². The predicted molar refractivity (Wildman–Crippen MR) is 122 cm³/mol. The molecule has 1 saturated carbocycles. The second kappa shape index (κ2) is 10.3. The van der Waals surface area contributed by atoms with Crippen LogP contribution < -0.4 is 0 Å². The average Bonchev–Trinajstić information content (AvgIpc) is 3.56. The maximum atomic E-state index is 14.2. The lowest BCUT2D eigenvalue weighted by atomic mass is 10.1. The van der Waals surface area contributed by atoms with Gasteiger partial charge in [-0.15, -0.1) is 0 Å². The molecule has 0 N–H and O–H groups in total. The highest BCUT2D eigenvalue weighted by Gasteiger charge is 2.31. The van der Waals surface area contributed by atoms with Crippen LogP contribution in [0, 0.1) is 11.7 Å². The zero-order chi connectivity index (χ0) is 23.4. The molecule has 0 bridgehead atoms. The Kier molecular flexibility index (Phi) is 7.48. The Bertz CT molecular complexity index is 1070. The van der Waals surface area contributed by atoms with Crippen molar-refractivity contribution in [1.29, 1.82) is 0 Å². The first kappa shape index (κ1) is 23.9. The first-order valence-electron chi connectivity index (χ1n) is 11.8. The highest BCUT2D eigenvalue weighted by Crippen LogP contribution is 2.28. The molecule has 1 aliphatic heterocycles. The van der Waals surface area contributed by atoms with Crippen molar-refractivity contribution in [2.45, 2.75) is 75.6 Å². The molecule has 9 heteroatoms. The fraction of sp³-hybridized carbons (Fsp3) is 0.583. The summed E-state index contributed by atoms with van der Waals surface area (Å²) in [6, 6.07) is 5.87. The van der Waals surface area contributed by atoms with Crippen molar-refractivity contribution in [3.8, 4) is 0 Å². The predicted octanol–water partition coefficient (Wildman–Crippen LogP) is 3.71. The van der Waals surface area contributed by atoms with Gasteiger partial charge in [-0.25, -0.2) is 17.8 Å². The van der Waals surface area contributed by atoms with Gasteiger partial charge < -0.3 is 14.2 Å². The monoisotopic (exact) mass is 477 g/mol. The number of rotatable bonds is 9. The maximum Gasteiger partial charge on any atom is 0.228 e. The third-order valence-corrected chi connectivity index (χ3v) is 8.22. The van der Waals surface area contributed by atoms with E-state index in [1.165, 1.54) is 24.4 Å². The van der Waals surface area contributed by atoms with Gasteiger partial charge in [-0.05, 0) is 38.7 Å². The van der Waals surface area contributed by atoms with Crippen LogP contribution in [0.15, 0.2) is 35.6 Å². The summed E-state index contributed by atoms with van der Waals surface area (Å²) in [6.45, 7) is 3.76. The number of carbonyl (C=O) groups excluding carboxylic acids is 1. The van der Waals surface area contributed by atoms with E-state index in [0.717, 1.165) is 38.5 Å². The van der Waals surface area contributed by atoms with Gasteiger partial charge in [-0.3, -0.25) is 4.79 Å². The van der Waals surface area contributed by atoms with E-state index >= 15 is 0 Å². The van der Waals surface area contributed by atoms with Crippen LogP contribution >= 0.6 is 0 Å². The summed E-state index contributed by atoms with van der Waals surface area (Å²) in [6.07, 6.45) is 7.15. The van der Waals surface area contributed by atoms with Crippen molar-refractivity contribution in [3.05, 3.63) is 47.5 Å². The van der Waals surface area contributed by atoms with Crippen LogP contribution in [0.5, 0.6) is 0 Å². The summed E-state index contributed by atoms with van der Waals surface area (Å²) in [7, 11) is -3.91. The molecular formula is C24H32FN3O4S. The number of hydrogen-bond donors (Lipinski definition) is 0. The van der Waals surface area contributed by atoms with Crippen molar-refractivity contribution < 1.29 is 22.3 Å². The lowest BCUT2D eigenvalue weighted by Crippen LogP contribution is -2.35. The lowest BCUT2D eigenvalue weighted by molar-refractivity contribution is -0.135. The molecule has 1 atom stereocenters. The first-order chi connectivity index (χ1) is 15.9. The molecule has 0 radical (unpaired) electrons. The third-order valence-electron chi connectivity index (χ3n) is 6.64. The summed E-state index contributed by atoms with van der Waals surface area (Å²) in [4.78, 5) is 19.1. The minimum Gasteiger partial charge on any atom is -0.376 e. The molecule has 2 fully saturated rings. The van der Waals surface area contributed by atoms with Crippen LogP contribution in [-0.2, 0) is 38.2 Å². The Balaban J connectivity index is 1.63. The summed E-state index contributed by atoms with van der Waals surface area (Å²) >= 11 is 0. The Morgan fingerprint density at radius 1 is 1.21 bits per heavy atom. The molecule has 4 rings (SSSR count). The second-order valence-electron chi connectivity index (χ2n) is 8.96. The Morgan fingerprint density at radius 2 is 1.97 bits per heavy atom. The van der Waals surface area contributed by atoms with Crippen LogP contribution in [0.4, 0.5) is 4.39 Å². The van der Waals surface area contributed by atoms with Crippen LogP contribution in [0.3, 0.4) is 0 Å². The number of sulfone groups is 1. The van der Waals surface area contributed by atoms with E-state index in [0.29, 0.717) is 31.9 Å². The van der Waals surface area contributed by atoms with Crippen molar-refractivity contribution in [2.24, 2.45) is 5.92 Å². The number of hydrogen-bond acceptors (Lipinski definition) is 5. The SMILES string of the molecule is CCN(Cc1cnc(S(=O)(=O)Cc2ccccc2F)n1C[C@H]1CCCO1)C(=O)C1CCCC1. The van der Waals surface area contributed by atoms with Gasteiger partial charge in [0.15, 0.2) is 0 Å². The minimum atomic E-state index is -3.91. The molecule has 180 valence electrons. The molecule has 1 aromatic carbocycles. The first-order valence-corrected chi connectivity index (χ1v) is 13.4. The average molecular weight is 478 g/mol. The minimum absolute atomic E-state index is 0.0451. The van der Waals surface area contributed by atoms with E-state index < -0.39 is 21.4 Å². The van der Waals surface area contributed by atoms with Gasteiger partial charge in [-0.2, -0.15) is 0 Å². The number of aromatic nitrogens is 2. The molecule has 2 aromatic rings. The fourth-order valence-electron chi connectivity index (χ4n) is 4.81. The molecule has 1 aliphatic carbocycles. The zero-order valence-corrected chi connectivity index (χ0v) is 19.9. The van der Waals surface area contributed by atoms with Crippen LogP contribution in [0.2, 0.25) is 0 Å². The largest absolute Gasteiger partial charge is 0.376 e. The Hall–Kier alpha value is -2.26. The second-order valence-corrected chi connectivity index (χ2v) is 10.8. The molecule has 2 heterocycles. The molecule has 1 amide bonds. The normalized spacial score (nSPS) is 19.3. The summed E-state index contributed by atoms with van der Waals surface area (Å²) in [5.74, 6) is -0.864. The summed E-state index contributed by atoms with van der Waals surface area (Å²) < 4.78 is 48.2. The molecule has 0 unspecified atom stereocenters. The Morgan fingerprint density at radius 3 is 2.64 bits per heavy atom. The number of carbonyl (C=O) groups is 1. The maximum absolute atomic E-state index is 14.2. The van der Waals surface area contributed by atoms with E-state index in [4.69, 9.17) is 4.74 Å². The number of halogens is 1. The molecule has 0 spiro atoms. The van der Waals surface area contributed by atoms with Gasteiger partial charge in [0.2, 0.25) is 20.9 Å². The van der Waals surface area contributed by atoms with Crippen LogP contribution in [0.25, 0.3) is 0 Å². The molecule has 7 nitrogen and oxygen atoms in total. The third kappa shape index (κ3) is 5.46. The summed E-state index contributed by atoms with van der Waals surface area (Å²) in [5, 5.41) is -0.0966. The highest BCUT2D eigenvalue weighted by atomic mass is 32.2. The van der Waals surface area contributed by atoms with Gasteiger partial charge in [-0.1, -0.05) is 31.0 Å².